The first-order valence-electron chi connectivity index (χ1n) is 6.21. The number of nitrogens with zero attached hydrogens (tertiary/aromatic N) is 1. The molecule has 1 amide bonds. The SMILES string of the molecule is CC1OC(C)C(C(=O)NCc2cn[nH]c2N)C1C. The van der Waals surface area contributed by atoms with E-state index in [0.29, 0.717) is 12.4 Å². The van der Waals surface area contributed by atoms with Gasteiger partial charge in [-0.1, -0.05) is 6.92 Å². The molecule has 1 fully saturated rings. The average Bonchev–Trinajstić information content (AvgIpc) is 2.81. The first kappa shape index (κ1) is 12.9. The maximum Gasteiger partial charge on any atom is 0.226 e. The Morgan fingerprint density at radius 3 is 2.72 bits per heavy atom. The van der Waals surface area contributed by atoms with Crippen LogP contribution < -0.4 is 11.1 Å². The van der Waals surface area contributed by atoms with Crippen molar-refractivity contribution < 1.29 is 9.53 Å². The first-order chi connectivity index (χ1) is 8.50. The van der Waals surface area contributed by atoms with Crippen molar-refractivity contribution in [3.05, 3.63) is 11.8 Å². The van der Waals surface area contributed by atoms with Crippen LogP contribution in [0.3, 0.4) is 0 Å². The van der Waals surface area contributed by atoms with E-state index in [9.17, 15) is 4.79 Å². The van der Waals surface area contributed by atoms with Crippen LogP contribution in [0.2, 0.25) is 0 Å². The van der Waals surface area contributed by atoms with E-state index in [1.165, 1.54) is 0 Å². The number of nitrogens with one attached hydrogen (secondary N) is 2. The highest BCUT2D eigenvalue weighted by Gasteiger charge is 2.41. The maximum absolute atomic E-state index is 12.2. The third-order valence-corrected chi connectivity index (χ3v) is 3.75. The minimum absolute atomic E-state index is 0.0138. The Hall–Kier alpha value is -1.56. The highest BCUT2D eigenvalue weighted by atomic mass is 16.5. The molecule has 2 heterocycles. The van der Waals surface area contributed by atoms with E-state index in [-0.39, 0.29) is 30.0 Å². The van der Waals surface area contributed by atoms with E-state index in [1.54, 1.807) is 6.20 Å². The summed E-state index contributed by atoms with van der Waals surface area (Å²) < 4.78 is 5.66. The standard InChI is InChI=1S/C12H20N4O2/c1-6-7(2)18-8(3)10(6)12(17)14-4-9-5-15-16-11(9)13/h5-8,10H,4H2,1-3H3,(H,14,17)(H3,13,15,16). The van der Waals surface area contributed by atoms with Gasteiger partial charge in [0.2, 0.25) is 5.91 Å². The summed E-state index contributed by atoms with van der Waals surface area (Å²) >= 11 is 0. The lowest BCUT2D eigenvalue weighted by molar-refractivity contribution is -0.127. The molecule has 0 radical (unpaired) electrons. The summed E-state index contributed by atoms with van der Waals surface area (Å²) in [4.78, 5) is 12.2. The highest BCUT2D eigenvalue weighted by Crippen LogP contribution is 2.32. The van der Waals surface area contributed by atoms with Gasteiger partial charge in [-0.05, 0) is 19.8 Å². The number of rotatable bonds is 3. The lowest BCUT2D eigenvalue weighted by Gasteiger charge is -2.17. The van der Waals surface area contributed by atoms with Gasteiger partial charge in [-0.2, -0.15) is 5.10 Å². The summed E-state index contributed by atoms with van der Waals surface area (Å²) in [5.41, 5.74) is 6.46. The van der Waals surface area contributed by atoms with Crippen LogP contribution >= 0.6 is 0 Å². The Labute approximate surface area is 106 Å². The monoisotopic (exact) mass is 252 g/mol. The Morgan fingerprint density at radius 2 is 2.22 bits per heavy atom. The normalized spacial score (nSPS) is 31.5. The molecule has 6 nitrogen and oxygen atoms in total. The summed E-state index contributed by atoms with van der Waals surface area (Å²) in [6, 6.07) is 0. The fourth-order valence-corrected chi connectivity index (χ4v) is 2.48. The number of H-pyrrole nitrogens is 1. The van der Waals surface area contributed by atoms with Gasteiger partial charge in [0.25, 0.3) is 0 Å². The molecule has 0 spiro atoms. The zero-order chi connectivity index (χ0) is 13.3. The molecule has 18 heavy (non-hydrogen) atoms. The quantitative estimate of drug-likeness (QED) is 0.737. The lowest BCUT2D eigenvalue weighted by Crippen LogP contribution is -2.36. The van der Waals surface area contributed by atoms with E-state index in [2.05, 4.69) is 15.5 Å². The van der Waals surface area contributed by atoms with E-state index in [0.717, 1.165) is 5.56 Å². The molecule has 1 aliphatic heterocycles. The van der Waals surface area contributed by atoms with Crippen LogP contribution in [-0.2, 0) is 16.1 Å². The first-order valence-corrected chi connectivity index (χ1v) is 6.21. The average molecular weight is 252 g/mol. The van der Waals surface area contributed by atoms with Crippen molar-refractivity contribution in [2.24, 2.45) is 11.8 Å². The Morgan fingerprint density at radius 1 is 1.50 bits per heavy atom. The molecule has 0 aliphatic carbocycles. The van der Waals surface area contributed by atoms with E-state index in [4.69, 9.17) is 10.5 Å². The molecule has 1 saturated heterocycles. The minimum atomic E-state index is -0.104. The number of carbonyl (C=O) groups is 1. The second kappa shape index (κ2) is 4.97. The van der Waals surface area contributed by atoms with Gasteiger partial charge >= 0.3 is 0 Å². The number of anilines is 1. The predicted molar refractivity (Wildman–Crippen MR) is 67.5 cm³/mol. The van der Waals surface area contributed by atoms with Gasteiger partial charge in [0.05, 0.1) is 24.3 Å². The number of aromatic nitrogens is 2. The van der Waals surface area contributed by atoms with Gasteiger partial charge in [-0.15, -0.1) is 0 Å². The van der Waals surface area contributed by atoms with Crippen LogP contribution in [0.1, 0.15) is 26.3 Å². The predicted octanol–water partition coefficient (Wildman–Crippen LogP) is 0.668. The Balaban J connectivity index is 1.94. The topological polar surface area (TPSA) is 93.0 Å². The molecular formula is C12H20N4O2. The molecule has 1 aromatic heterocycles. The van der Waals surface area contributed by atoms with Gasteiger partial charge in [0.1, 0.15) is 5.82 Å². The summed E-state index contributed by atoms with van der Waals surface area (Å²) in [6.45, 7) is 6.38. The van der Waals surface area contributed by atoms with Crippen LogP contribution in [0, 0.1) is 11.8 Å². The largest absolute Gasteiger partial charge is 0.384 e. The highest BCUT2D eigenvalue weighted by molar-refractivity contribution is 5.80. The van der Waals surface area contributed by atoms with Crippen LogP contribution in [0.25, 0.3) is 0 Å². The van der Waals surface area contributed by atoms with Crippen molar-refractivity contribution in [1.82, 2.24) is 15.5 Å². The number of aromatic amines is 1. The zero-order valence-electron chi connectivity index (χ0n) is 10.9. The van der Waals surface area contributed by atoms with Crippen LogP contribution in [0.5, 0.6) is 0 Å². The number of nitrogens with two attached hydrogens (primary N) is 1. The summed E-state index contributed by atoms with van der Waals surface area (Å²) in [7, 11) is 0. The number of hydrogen-bond donors (Lipinski definition) is 3. The molecule has 1 aliphatic rings. The minimum Gasteiger partial charge on any atom is -0.384 e. The van der Waals surface area contributed by atoms with E-state index < -0.39 is 0 Å². The van der Waals surface area contributed by atoms with Crippen LogP contribution in [0.4, 0.5) is 5.82 Å². The van der Waals surface area contributed by atoms with Gasteiger partial charge in [-0.25, -0.2) is 0 Å². The molecule has 0 saturated carbocycles. The number of amides is 1. The van der Waals surface area contributed by atoms with Crippen molar-refractivity contribution in [2.45, 2.75) is 39.5 Å². The fourth-order valence-electron chi connectivity index (χ4n) is 2.48. The van der Waals surface area contributed by atoms with Crippen molar-refractivity contribution >= 4 is 11.7 Å². The van der Waals surface area contributed by atoms with E-state index >= 15 is 0 Å². The van der Waals surface area contributed by atoms with Gasteiger partial charge < -0.3 is 15.8 Å². The van der Waals surface area contributed by atoms with Gasteiger partial charge in [0, 0.05) is 12.1 Å². The van der Waals surface area contributed by atoms with Gasteiger partial charge in [-0.3, -0.25) is 9.89 Å². The Kier molecular flexibility index (Phi) is 3.56. The second-order valence-corrected chi connectivity index (χ2v) is 4.96. The van der Waals surface area contributed by atoms with Crippen molar-refractivity contribution in [3.63, 3.8) is 0 Å². The molecule has 4 unspecified atom stereocenters. The molecule has 1 aromatic rings. The van der Waals surface area contributed by atoms with Gasteiger partial charge in [0.15, 0.2) is 0 Å². The summed E-state index contributed by atoms with van der Waals surface area (Å²) in [5.74, 6) is 0.627. The van der Waals surface area contributed by atoms with Crippen LogP contribution in [0.15, 0.2) is 6.20 Å². The van der Waals surface area contributed by atoms with Crippen molar-refractivity contribution in [3.8, 4) is 0 Å². The molecule has 100 valence electrons. The van der Waals surface area contributed by atoms with Crippen molar-refractivity contribution in [2.75, 3.05) is 5.73 Å². The summed E-state index contributed by atoms with van der Waals surface area (Å²) in [5, 5.41) is 9.34. The van der Waals surface area contributed by atoms with Crippen LogP contribution in [-0.4, -0.2) is 28.3 Å². The van der Waals surface area contributed by atoms with Crippen molar-refractivity contribution in [1.29, 1.82) is 0 Å². The van der Waals surface area contributed by atoms with E-state index in [1.807, 2.05) is 20.8 Å². The number of carbonyl (C=O) groups excluding carboxylic acids is 1. The molecule has 4 atom stereocenters. The zero-order valence-corrected chi connectivity index (χ0v) is 10.9. The molecule has 2 rings (SSSR count). The molecule has 4 N–H and O–H groups in total. The molecular weight excluding hydrogens is 232 g/mol. The molecule has 0 bridgehead atoms. The smallest absolute Gasteiger partial charge is 0.226 e. The Bertz CT molecular complexity index is 431. The number of ether oxygens (including phenoxy) is 1. The lowest BCUT2D eigenvalue weighted by atomic mass is 9.89. The molecule has 0 aromatic carbocycles. The number of nitrogen functional groups attached to an aromatic ring is 1. The molecule has 6 heteroatoms. The third kappa shape index (κ3) is 2.33. The maximum atomic E-state index is 12.2. The summed E-state index contributed by atoms with van der Waals surface area (Å²) in [6.07, 6.45) is 1.70. The third-order valence-electron chi connectivity index (χ3n) is 3.75. The number of hydrogen-bond acceptors (Lipinski definition) is 4. The fraction of sp³-hybridized carbons (Fsp3) is 0.667. The second-order valence-electron chi connectivity index (χ2n) is 4.96.